The summed E-state index contributed by atoms with van der Waals surface area (Å²) < 4.78 is 8.16. The number of carbonyl (C=O) groups is 1. The smallest absolute Gasteiger partial charge is 0.289 e. The summed E-state index contributed by atoms with van der Waals surface area (Å²) in [4.78, 5) is 17.7. The van der Waals surface area contributed by atoms with Crippen molar-refractivity contribution in [2.75, 3.05) is 7.11 Å². The average Bonchev–Trinajstić information content (AvgIpc) is 3.18. The number of amides is 1. The van der Waals surface area contributed by atoms with Crippen molar-refractivity contribution in [3.63, 3.8) is 0 Å². The quantitative estimate of drug-likeness (QED) is 0.646. The largest absolute Gasteiger partial charge is 0.495 e. The summed E-state index contributed by atoms with van der Waals surface area (Å²) in [7, 11) is 1.60. The number of halogens is 1. The predicted octanol–water partition coefficient (Wildman–Crippen LogP) is 4.35. The van der Waals surface area contributed by atoms with Crippen molar-refractivity contribution in [3.8, 4) is 5.75 Å². The van der Waals surface area contributed by atoms with Crippen LogP contribution in [0.5, 0.6) is 5.75 Å². The molecule has 0 atom stereocenters. The molecule has 0 spiro atoms. The molecule has 0 aliphatic rings. The fourth-order valence-corrected chi connectivity index (χ4v) is 4.15. The number of hydrogen-bond acceptors (Lipinski definition) is 4. The second-order valence-electron chi connectivity index (χ2n) is 4.61. The Labute approximate surface area is 145 Å². The number of methoxy groups -OCH3 is 1. The van der Waals surface area contributed by atoms with Gasteiger partial charge in [-0.15, -0.1) is 17.9 Å². The van der Waals surface area contributed by atoms with Gasteiger partial charge in [-0.2, -0.15) is 4.99 Å². The van der Waals surface area contributed by atoms with E-state index in [9.17, 15) is 4.79 Å². The molecule has 0 N–H and O–H groups in total. The number of hydrogen-bond donors (Lipinski definition) is 0. The first-order valence-corrected chi connectivity index (χ1v) is 8.82. The van der Waals surface area contributed by atoms with E-state index in [2.05, 4.69) is 11.6 Å². The number of aromatic nitrogens is 1. The van der Waals surface area contributed by atoms with Crippen LogP contribution in [0.15, 0.2) is 47.3 Å². The van der Waals surface area contributed by atoms with Crippen LogP contribution in [0.4, 0.5) is 0 Å². The fourth-order valence-electron chi connectivity index (χ4n) is 2.21. The molecule has 0 radical (unpaired) electrons. The molecule has 0 bridgehead atoms. The van der Waals surface area contributed by atoms with Crippen molar-refractivity contribution in [2.45, 2.75) is 6.54 Å². The molecule has 2 aromatic heterocycles. The van der Waals surface area contributed by atoms with Gasteiger partial charge in [-0.3, -0.25) is 4.79 Å². The molecule has 1 amide bonds. The standard InChI is InChI=1S/C16H13ClN2O2S2/c1-3-8-19-13-11(21-2)7-6-10(17)14(13)23-16(19)18-15(20)12-5-4-9-22-12/h3-7,9H,1,8H2,2H3. The van der Waals surface area contributed by atoms with Gasteiger partial charge in [-0.25, -0.2) is 0 Å². The number of allylic oxidation sites excluding steroid dienone is 1. The van der Waals surface area contributed by atoms with Crippen molar-refractivity contribution >= 4 is 50.4 Å². The third kappa shape index (κ3) is 2.97. The van der Waals surface area contributed by atoms with Crippen LogP contribution in [-0.2, 0) is 6.54 Å². The number of nitrogens with zero attached hydrogens (tertiary/aromatic N) is 2. The number of carbonyl (C=O) groups excluding carboxylic acids is 1. The minimum atomic E-state index is -0.264. The minimum Gasteiger partial charge on any atom is -0.495 e. The fraction of sp³-hybridized carbons (Fsp3) is 0.125. The van der Waals surface area contributed by atoms with Gasteiger partial charge in [0.05, 0.1) is 21.7 Å². The number of fused-ring (bicyclic) bond motifs is 1. The lowest BCUT2D eigenvalue weighted by Gasteiger charge is -2.06. The van der Waals surface area contributed by atoms with Crippen LogP contribution in [-0.4, -0.2) is 17.6 Å². The molecule has 3 rings (SSSR count). The molecule has 0 saturated carbocycles. The van der Waals surface area contributed by atoms with Crippen LogP contribution in [0.3, 0.4) is 0 Å². The zero-order chi connectivity index (χ0) is 16.4. The third-order valence-electron chi connectivity index (χ3n) is 3.20. The van der Waals surface area contributed by atoms with Crippen molar-refractivity contribution in [2.24, 2.45) is 4.99 Å². The van der Waals surface area contributed by atoms with Gasteiger partial charge in [0.1, 0.15) is 11.3 Å². The van der Waals surface area contributed by atoms with E-state index in [0.717, 1.165) is 10.2 Å². The molecule has 23 heavy (non-hydrogen) atoms. The highest BCUT2D eigenvalue weighted by atomic mass is 35.5. The highest BCUT2D eigenvalue weighted by Gasteiger charge is 2.15. The maximum atomic E-state index is 12.3. The Morgan fingerprint density at radius 2 is 2.30 bits per heavy atom. The van der Waals surface area contributed by atoms with Gasteiger partial charge in [0.2, 0.25) is 0 Å². The Balaban J connectivity index is 2.28. The monoisotopic (exact) mass is 364 g/mol. The molecular formula is C16H13ClN2O2S2. The summed E-state index contributed by atoms with van der Waals surface area (Å²) in [5.41, 5.74) is 0.822. The van der Waals surface area contributed by atoms with Gasteiger partial charge >= 0.3 is 0 Å². The topological polar surface area (TPSA) is 43.6 Å². The van der Waals surface area contributed by atoms with Crippen molar-refractivity contribution in [3.05, 3.63) is 57.0 Å². The molecular weight excluding hydrogens is 352 g/mol. The lowest BCUT2D eigenvalue weighted by molar-refractivity contribution is 0.100. The molecule has 1 aromatic carbocycles. The Hall–Kier alpha value is -1.89. The van der Waals surface area contributed by atoms with E-state index in [1.54, 1.807) is 25.3 Å². The van der Waals surface area contributed by atoms with E-state index in [1.165, 1.54) is 22.7 Å². The SMILES string of the molecule is C=CCn1c(=NC(=O)c2cccs2)sc2c(Cl)ccc(OC)c21. The lowest BCUT2D eigenvalue weighted by Crippen LogP contribution is -2.16. The zero-order valence-corrected chi connectivity index (χ0v) is 14.7. The highest BCUT2D eigenvalue weighted by Crippen LogP contribution is 2.33. The van der Waals surface area contributed by atoms with Gasteiger partial charge < -0.3 is 9.30 Å². The minimum absolute atomic E-state index is 0.264. The molecule has 0 saturated heterocycles. The average molecular weight is 365 g/mol. The molecule has 0 unspecified atom stereocenters. The van der Waals surface area contributed by atoms with Crippen molar-refractivity contribution < 1.29 is 9.53 Å². The second kappa shape index (κ2) is 6.70. The summed E-state index contributed by atoms with van der Waals surface area (Å²) in [6.07, 6.45) is 1.75. The molecule has 118 valence electrons. The molecule has 7 heteroatoms. The van der Waals surface area contributed by atoms with E-state index < -0.39 is 0 Å². The highest BCUT2D eigenvalue weighted by molar-refractivity contribution is 7.17. The molecule has 2 heterocycles. The second-order valence-corrected chi connectivity index (χ2v) is 6.94. The Bertz CT molecular complexity index is 939. The number of thiazole rings is 1. The van der Waals surface area contributed by atoms with E-state index in [4.69, 9.17) is 16.3 Å². The Kier molecular flexibility index (Phi) is 4.66. The van der Waals surface area contributed by atoms with Crippen molar-refractivity contribution in [1.29, 1.82) is 0 Å². The number of rotatable bonds is 4. The van der Waals surface area contributed by atoms with Crippen LogP contribution < -0.4 is 9.54 Å². The summed E-state index contributed by atoms with van der Waals surface area (Å²) in [5, 5.41) is 2.46. The first-order valence-electron chi connectivity index (χ1n) is 6.75. The maximum Gasteiger partial charge on any atom is 0.289 e. The molecule has 0 aliphatic heterocycles. The summed E-state index contributed by atoms with van der Waals surface area (Å²) >= 11 is 9.03. The molecule has 0 aliphatic carbocycles. The van der Waals surface area contributed by atoms with E-state index in [-0.39, 0.29) is 5.91 Å². The Morgan fingerprint density at radius 3 is 2.96 bits per heavy atom. The summed E-state index contributed by atoms with van der Waals surface area (Å²) in [6, 6.07) is 7.18. The first-order chi connectivity index (χ1) is 11.2. The number of thiophene rings is 1. The van der Waals surface area contributed by atoms with Crippen LogP contribution in [0.2, 0.25) is 5.02 Å². The van der Waals surface area contributed by atoms with Crippen LogP contribution in [0.1, 0.15) is 9.67 Å². The molecule has 4 nitrogen and oxygen atoms in total. The number of benzene rings is 1. The van der Waals surface area contributed by atoms with Gasteiger partial charge in [-0.1, -0.05) is 35.1 Å². The van der Waals surface area contributed by atoms with E-state index in [1.807, 2.05) is 22.1 Å². The summed E-state index contributed by atoms with van der Waals surface area (Å²) in [5.74, 6) is 0.423. The van der Waals surface area contributed by atoms with Gasteiger partial charge in [0, 0.05) is 6.54 Å². The molecule has 0 fully saturated rings. The zero-order valence-electron chi connectivity index (χ0n) is 12.3. The Morgan fingerprint density at radius 1 is 1.48 bits per heavy atom. The molecule has 3 aromatic rings. The van der Waals surface area contributed by atoms with Crippen LogP contribution >= 0.6 is 34.3 Å². The van der Waals surface area contributed by atoms with Crippen LogP contribution in [0.25, 0.3) is 10.2 Å². The maximum absolute atomic E-state index is 12.3. The van der Waals surface area contributed by atoms with Gasteiger partial charge in [0.25, 0.3) is 5.91 Å². The normalized spacial score (nSPS) is 11.8. The first kappa shape index (κ1) is 16.0. The van der Waals surface area contributed by atoms with Gasteiger partial charge in [0.15, 0.2) is 4.80 Å². The van der Waals surface area contributed by atoms with E-state index in [0.29, 0.717) is 27.0 Å². The summed E-state index contributed by atoms with van der Waals surface area (Å²) in [6.45, 7) is 4.28. The number of ether oxygens (including phenoxy) is 1. The van der Waals surface area contributed by atoms with Crippen molar-refractivity contribution in [1.82, 2.24) is 4.57 Å². The van der Waals surface area contributed by atoms with Crippen LogP contribution in [0, 0.1) is 0 Å². The lowest BCUT2D eigenvalue weighted by atomic mass is 10.3. The van der Waals surface area contributed by atoms with Gasteiger partial charge in [-0.05, 0) is 23.6 Å². The predicted molar refractivity (Wildman–Crippen MR) is 95.8 cm³/mol. The van der Waals surface area contributed by atoms with E-state index >= 15 is 0 Å². The third-order valence-corrected chi connectivity index (χ3v) is 5.60.